The van der Waals surface area contributed by atoms with Crippen molar-refractivity contribution < 1.29 is 31.1 Å². The van der Waals surface area contributed by atoms with Gasteiger partial charge in [0.2, 0.25) is 5.88 Å². The van der Waals surface area contributed by atoms with E-state index in [1.807, 2.05) is 0 Å². The van der Waals surface area contributed by atoms with Crippen molar-refractivity contribution in [3.05, 3.63) is 23.9 Å². The zero-order valence-electron chi connectivity index (χ0n) is 9.64. The lowest BCUT2D eigenvalue weighted by molar-refractivity contribution is -0.300. The fraction of sp³-hybridized carbons (Fsp3) is 0.500. The third-order valence-corrected chi connectivity index (χ3v) is 1.97. The maximum Gasteiger partial charge on any atom is 0.434 e. The molecule has 0 saturated carbocycles. The van der Waals surface area contributed by atoms with E-state index in [0.717, 1.165) is 6.07 Å². The maximum atomic E-state index is 12.3. The maximum absolute atomic E-state index is 12.3. The summed E-state index contributed by atoms with van der Waals surface area (Å²) in [4.78, 5) is 3.54. The van der Waals surface area contributed by atoms with Gasteiger partial charge in [-0.25, -0.2) is 4.98 Å². The highest BCUT2D eigenvalue weighted by Crippen LogP contribution is 2.36. The van der Waals surface area contributed by atoms with Gasteiger partial charge in [-0.1, -0.05) is 6.07 Å². The lowest BCUT2D eigenvalue weighted by Gasteiger charge is -2.23. The van der Waals surface area contributed by atoms with Crippen LogP contribution in [0.3, 0.4) is 0 Å². The van der Waals surface area contributed by atoms with Gasteiger partial charge in [-0.3, -0.25) is 0 Å². The number of rotatable bonds is 4. The van der Waals surface area contributed by atoms with Crippen molar-refractivity contribution in [2.75, 3.05) is 7.05 Å². The SMILES string of the molecule is CNCc1cccc(OC(C(F)(F)F)C(F)(F)F)n1. The molecule has 1 aromatic rings. The van der Waals surface area contributed by atoms with Crippen LogP contribution < -0.4 is 10.1 Å². The summed E-state index contributed by atoms with van der Waals surface area (Å²) in [6.07, 6.45) is -15.0. The molecule has 0 atom stereocenters. The van der Waals surface area contributed by atoms with Crippen molar-refractivity contribution in [3.8, 4) is 5.88 Å². The Morgan fingerprint density at radius 1 is 1.16 bits per heavy atom. The van der Waals surface area contributed by atoms with E-state index in [1.54, 1.807) is 7.05 Å². The zero-order valence-corrected chi connectivity index (χ0v) is 9.64. The van der Waals surface area contributed by atoms with Crippen molar-refractivity contribution >= 4 is 0 Å². The Hall–Kier alpha value is -1.51. The topological polar surface area (TPSA) is 34.1 Å². The van der Waals surface area contributed by atoms with E-state index in [9.17, 15) is 26.3 Å². The van der Waals surface area contributed by atoms with Gasteiger partial charge in [0, 0.05) is 12.6 Å². The van der Waals surface area contributed by atoms with E-state index in [4.69, 9.17) is 0 Å². The summed E-state index contributed by atoms with van der Waals surface area (Å²) in [7, 11) is 1.56. The quantitative estimate of drug-likeness (QED) is 0.865. The number of nitrogens with one attached hydrogen (secondary N) is 1. The summed E-state index contributed by atoms with van der Waals surface area (Å²) in [5.41, 5.74) is 0.267. The third-order valence-electron chi connectivity index (χ3n) is 1.97. The fourth-order valence-corrected chi connectivity index (χ4v) is 1.24. The van der Waals surface area contributed by atoms with Crippen molar-refractivity contribution in [2.24, 2.45) is 0 Å². The molecular formula is C10H10F6N2O. The molecule has 9 heteroatoms. The van der Waals surface area contributed by atoms with Gasteiger partial charge >= 0.3 is 12.4 Å². The average molecular weight is 288 g/mol. The van der Waals surface area contributed by atoms with Gasteiger partial charge in [0.05, 0.1) is 5.69 Å². The summed E-state index contributed by atoms with van der Waals surface area (Å²) in [5, 5.41) is 2.66. The van der Waals surface area contributed by atoms with Gasteiger partial charge in [0.15, 0.2) is 0 Å². The molecule has 0 radical (unpaired) electrons. The molecule has 19 heavy (non-hydrogen) atoms. The second-order valence-electron chi connectivity index (χ2n) is 3.58. The first kappa shape index (κ1) is 15.5. The molecule has 0 fully saturated rings. The van der Waals surface area contributed by atoms with Gasteiger partial charge in [-0.2, -0.15) is 26.3 Å². The van der Waals surface area contributed by atoms with Crippen molar-refractivity contribution in [2.45, 2.75) is 25.0 Å². The number of halogens is 6. The van der Waals surface area contributed by atoms with E-state index in [2.05, 4.69) is 15.0 Å². The monoisotopic (exact) mass is 288 g/mol. The summed E-state index contributed by atoms with van der Waals surface area (Å²) < 4.78 is 77.5. The largest absolute Gasteiger partial charge is 0.455 e. The van der Waals surface area contributed by atoms with Crippen LogP contribution in [0.15, 0.2) is 18.2 Å². The van der Waals surface area contributed by atoms with Crippen molar-refractivity contribution in [1.29, 1.82) is 0 Å². The van der Waals surface area contributed by atoms with Crippen LogP contribution in [0.5, 0.6) is 5.88 Å². The molecule has 0 amide bonds. The van der Waals surface area contributed by atoms with Gasteiger partial charge in [0.25, 0.3) is 6.10 Å². The summed E-state index contributed by atoms with van der Waals surface area (Å²) in [6, 6.07) is 3.64. The Labute approximate surface area is 104 Å². The number of alkyl halides is 6. The van der Waals surface area contributed by atoms with Crippen molar-refractivity contribution in [1.82, 2.24) is 10.3 Å². The molecule has 0 bridgehead atoms. The van der Waals surface area contributed by atoms with E-state index >= 15 is 0 Å². The number of aromatic nitrogens is 1. The molecule has 0 spiro atoms. The molecule has 1 rings (SSSR count). The molecule has 3 nitrogen and oxygen atoms in total. The fourth-order valence-electron chi connectivity index (χ4n) is 1.24. The van der Waals surface area contributed by atoms with E-state index in [1.165, 1.54) is 12.1 Å². The van der Waals surface area contributed by atoms with Crippen LogP contribution in [0.1, 0.15) is 5.69 Å². The summed E-state index contributed by atoms with van der Waals surface area (Å²) in [5.74, 6) is -0.729. The number of ether oxygens (including phenoxy) is 1. The third kappa shape index (κ3) is 4.58. The second-order valence-corrected chi connectivity index (χ2v) is 3.58. The average Bonchev–Trinajstić information content (AvgIpc) is 2.24. The lowest BCUT2D eigenvalue weighted by Crippen LogP contribution is -2.46. The van der Waals surface area contributed by atoms with Crippen LogP contribution >= 0.6 is 0 Å². The molecular weight excluding hydrogens is 278 g/mol. The van der Waals surface area contributed by atoms with Crippen LogP contribution in [-0.4, -0.2) is 30.5 Å². The van der Waals surface area contributed by atoms with Crippen molar-refractivity contribution in [3.63, 3.8) is 0 Å². The molecule has 0 aliphatic heterocycles. The van der Waals surface area contributed by atoms with Crippen LogP contribution in [0.4, 0.5) is 26.3 Å². The molecule has 0 unspecified atom stereocenters. The van der Waals surface area contributed by atoms with Gasteiger partial charge in [-0.15, -0.1) is 0 Å². The first-order valence-electron chi connectivity index (χ1n) is 5.05. The van der Waals surface area contributed by atoms with Gasteiger partial charge in [-0.05, 0) is 13.1 Å². The van der Waals surface area contributed by atoms with Crippen LogP contribution in [0.2, 0.25) is 0 Å². The highest BCUT2D eigenvalue weighted by atomic mass is 19.4. The lowest BCUT2D eigenvalue weighted by atomic mass is 10.3. The molecule has 0 saturated heterocycles. The summed E-state index contributed by atoms with van der Waals surface area (Å²) >= 11 is 0. The van der Waals surface area contributed by atoms with Gasteiger partial charge in [0.1, 0.15) is 0 Å². The Morgan fingerprint density at radius 2 is 1.74 bits per heavy atom. The minimum Gasteiger partial charge on any atom is -0.455 e. The molecule has 0 aliphatic carbocycles. The highest BCUT2D eigenvalue weighted by Gasteiger charge is 2.59. The van der Waals surface area contributed by atoms with Gasteiger partial charge < -0.3 is 10.1 Å². The standard InChI is InChI=1S/C10H10F6N2O/c1-17-5-6-3-2-4-7(18-6)19-8(9(11,12)13)10(14,15)16/h2-4,8,17H,5H2,1H3. The van der Waals surface area contributed by atoms with Crippen LogP contribution in [-0.2, 0) is 6.54 Å². The molecule has 1 N–H and O–H groups in total. The predicted molar refractivity (Wildman–Crippen MR) is 53.5 cm³/mol. The Balaban J connectivity index is 2.94. The number of pyridine rings is 1. The minimum absolute atomic E-state index is 0.194. The number of hydrogen-bond acceptors (Lipinski definition) is 3. The smallest absolute Gasteiger partial charge is 0.434 e. The molecule has 0 aromatic carbocycles. The molecule has 1 aromatic heterocycles. The summed E-state index contributed by atoms with van der Waals surface area (Å²) in [6.45, 7) is 0.194. The first-order chi connectivity index (χ1) is 8.64. The Morgan fingerprint density at radius 3 is 2.21 bits per heavy atom. The van der Waals surface area contributed by atoms with E-state index in [-0.39, 0.29) is 12.2 Å². The second kappa shape index (κ2) is 5.64. The van der Waals surface area contributed by atoms with Crippen LogP contribution in [0, 0.1) is 0 Å². The molecule has 108 valence electrons. The highest BCUT2D eigenvalue weighted by molar-refractivity contribution is 5.16. The van der Waals surface area contributed by atoms with Crippen LogP contribution in [0.25, 0.3) is 0 Å². The Bertz CT molecular complexity index is 403. The van der Waals surface area contributed by atoms with E-state index < -0.39 is 24.3 Å². The first-order valence-corrected chi connectivity index (χ1v) is 5.05. The predicted octanol–water partition coefficient (Wildman–Crippen LogP) is 2.67. The molecule has 0 aliphatic rings. The van der Waals surface area contributed by atoms with E-state index in [0.29, 0.717) is 0 Å². The number of nitrogens with zero attached hydrogens (tertiary/aromatic N) is 1. The number of hydrogen-bond donors (Lipinski definition) is 1. The minimum atomic E-state index is -5.56. The molecule has 1 heterocycles. The normalized spacial score (nSPS) is 12.8. The zero-order chi connectivity index (χ0) is 14.7. The Kier molecular flexibility index (Phi) is 4.61.